The molecule has 0 N–H and O–H groups in total. The summed E-state index contributed by atoms with van der Waals surface area (Å²) in [7, 11) is 0. The molecular weight excluding hydrogens is 224 g/mol. The Morgan fingerprint density at radius 2 is 2.00 bits per heavy atom. The Balaban J connectivity index is 2.84. The molecule has 0 aliphatic heterocycles. The summed E-state index contributed by atoms with van der Waals surface area (Å²) < 4.78 is 0. The average molecular weight is 239 g/mol. The molecule has 0 fully saturated rings. The van der Waals surface area contributed by atoms with Crippen molar-refractivity contribution in [2.75, 3.05) is 0 Å². The molecule has 0 spiro atoms. The summed E-state index contributed by atoms with van der Waals surface area (Å²) >= 11 is 3.62. The minimum absolute atomic E-state index is 0.375. The summed E-state index contributed by atoms with van der Waals surface area (Å²) in [5.41, 5.74) is 1.38. The Kier molecular flexibility index (Phi) is 4.23. The summed E-state index contributed by atoms with van der Waals surface area (Å²) in [6, 6.07) is 10.6. The standard InChI is InChI=1S/C12H15Br/c1-3-11(12(13)4-2)10-8-6-5-7-9-10/h4-9,11-12H,2-3H2,1H3. The third-order valence-electron chi connectivity index (χ3n) is 2.28. The molecule has 0 heterocycles. The van der Waals surface area contributed by atoms with E-state index in [2.05, 4.69) is 53.7 Å². The van der Waals surface area contributed by atoms with Gasteiger partial charge in [-0.2, -0.15) is 0 Å². The van der Waals surface area contributed by atoms with Crippen molar-refractivity contribution in [1.29, 1.82) is 0 Å². The van der Waals surface area contributed by atoms with Crippen molar-refractivity contribution in [3.63, 3.8) is 0 Å². The molecule has 0 aliphatic carbocycles. The summed E-state index contributed by atoms with van der Waals surface area (Å²) in [5, 5.41) is 0. The first-order chi connectivity index (χ1) is 6.29. The van der Waals surface area contributed by atoms with Crippen LogP contribution in [0, 0.1) is 0 Å². The molecule has 2 unspecified atom stereocenters. The van der Waals surface area contributed by atoms with Crippen LogP contribution < -0.4 is 0 Å². The number of benzene rings is 1. The first-order valence-electron chi connectivity index (χ1n) is 4.61. The fourth-order valence-electron chi connectivity index (χ4n) is 1.51. The summed E-state index contributed by atoms with van der Waals surface area (Å²) in [6.45, 7) is 6.01. The molecule has 0 aromatic heterocycles. The number of rotatable bonds is 4. The van der Waals surface area contributed by atoms with Crippen LogP contribution in [0.4, 0.5) is 0 Å². The highest BCUT2D eigenvalue weighted by atomic mass is 79.9. The van der Waals surface area contributed by atoms with E-state index in [1.807, 2.05) is 12.1 Å². The van der Waals surface area contributed by atoms with Crippen molar-refractivity contribution < 1.29 is 0 Å². The zero-order valence-corrected chi connectivity index (χ0v) is 9.50. The Morgan fingerprint density at radius 3 is 2.46 bits per heavy atom. The number of alkyl halides is 1. The van der Waals surface area contributed by atoms with Crippen LogP contribution in [-0.2, 0) is 0 Å². The lowest BCUT2D eigenvalue weighted by Crippen LogP contribution is -2.08. The van der Waals surface area contributed by atoms with E-state index in [0.717, 1.165) is 6.42 Å². The molecule has 13 heavy (non-hydrogen) atoms. The quantitative estimate of drug-likeness (QED) is 0.547. The fraction of sp³-hybridized carbons (Fsp3) is 0.333. The van der Waals surface area contributed by atoms with Gasteiger partial charge in [0.25, 0.3) is 0 Å². The predicted molar refractivity (Wildman–Crippen MR) is 62.4 cm³/mol. The SMILES string of the molecule is C=CC(Br)C(CC)c1ccccc1. The smallest absolute Gasteiger partial charge is 0.0391 e. The predicted octanol–water partition coefficient (Wildman–Crippen LogP) is 4.13. The van der Waals surface area contributed by atoms with E-state index in [1.165, 1.54) is 5.56 Å². The molecule has 0 nitrogen and oxygen atoms in total. The fourth-order valence-corrected chi connectivity index (χ4v) is 2.19. The highest BCUT2D eigenvalue weighted by Gasteiger charge is 2.15. The van der Waals surface area contributed by atoms with Gasteiger partial charge in [-0.15, -0.1) is 6.58 Å². The number of hydrogen-bond donors (Lipinski definition) is 0. The maximum absolute atomic E-state index is 3.81. The lowest BCUT2D eigenvalue weighted by atomic mass is 9.93. The van der Waals surface area contributed by atoms with E-state index < -0.39 is 0 Å². The first kappa shape index (κ1) is 10.5. The van der Waals surface area contributed by atoms with Crippen LogP contribution in [0.25, 0.3) is 0 Å². The maximum atomic E-state index is 3.81. The van der Waals surface area contributed by atoms with Gasteiger partial charge in [0.15, 0.2) is 0 Å². The zero-order valence-electron chi connectivity index (χ0n) is 7.91. The molecule has 0 bridgehead atoms. The van der Waals surface area contributed by atoms with Crippen molar-refractivity contribution in [2.45, 2.75) is 24.1 Å². The number of halogens is 1. The summed E-state index contributed by atoms with van der Waals surface area (Å²) in [5.74, 6) is 0.540. The van der Waals surface area contributed by atoms with Crippen molar-refractivity contribution in [3.8, 4) is 0 Å². The van der Waals surface area contributed by atoms with Gasteiger partial charge < -0.3 is 0 Å². The van der Waals surface area contributed by atoms with E-state index in [0.29, 0.717) is 10.7 Å². The largest absolute Gasteiger partial charge is 0.102 e. The van der Waals surface area contributed by atoms with Crippen LogP contribution >= 0.6 is 15.9 Å². The van der Waals surface area contributed by atoms with E-state index in [1.54, 1.807) is 0 Å². The Labute approximate surface area is 88.8 Å². The van der Waals surface area contributed by atoms with Gasteiger partial charge in [0.1, 0.15) is 0 Å². The summed E-state index contributed by atoms with van der Waals surface area (Å²) in [4.78, 5) is 0.375. The second-order valence-electron chi connectivity index (χ2n) is 3.11. The normalized spacial score (nSPS) is 14.9. The highest BCUT2D eigenvalue weighted by molar-refractivity contribution is 9.09. The molecular formula is C12H15Br. The molecule has 0 amide bonds. The highest BCUT2D eigenvalue weighted by Crippen LogP contribution is 2.28. The van der Waals surface area contributed by atoms with Gasteiger partial charge in [-0.25, -0.2) is 0 Å². The van der Waals surface area contributed by atoms with E-state index in [4.69, 9.17) is 0 Å². The third-order valence-corrected chi connectivity index (χ3v) is 3.29. The Bertz CT molecular complexity index is 253. The van der Waals surface area contributed by atoms with Gasteiger partial charge >= 0.3 is 0 Å². The topological polar surface area (TPSA) is 0 Å². The molecule has 0 saturated carbocycles. The molecule has 1 aromatic rings. The van der Waals surface area contributed by atoms with Gasteiger partial charge in [0.05, 0.1) is 0 Å². The van der Waals surface area contributed by atoms with Crippen LogP contribution in [0.5, 0.6) is 0 Å². The van der Waals surface area contributed by atoms with Crippen molar-refractivity contribution in [2.24, 2.45) is 0 Å². The van der Waals surface area contributed by atoms with Crippen molar-refractivity contribution >= 4 is 15.9 Å². The third kappa shape index (κ3) is 2.70. The van der Waals surface area contributed by atoms with Crippen LogP contribution in [0.3, 0.4) is 0 Å². The maximum Gasteiger partial charge on any atom is 0.0391 e. The monoisotopic (exact) mass is 238 g/mol. The minimum Gasteiger partial charge on any atom is -0.102 e. The van der Waals surface area contributed by atoms with Crippen LogP contribution in [0.1, 0.15) is 24.8 Å². The molecule has 70 valence electrons. The van der Waals surface area contributed by atoms with Gasteiger partial charge in [0.2, 0.25) is 0 Å². The summed E-state index contributed by atoms with van der Waals surface area (Å²) in [6.07, 6.45) is 3.09. The van der Waals surface area contributed by atoms with Crippen LogP contribution in [0.15, 0.2) is 43.0 Å². The van der Waals surface area contributed by atoms with E-state index >= 15 is 0 Å². The van der Waals surface area contributed by atoms with E-state index in [9.17, 15) is 0 Å². The number of hydrogen-bond acceptors (Lipinski definition) is 0. The Morgan fingerprint density at radius 1 is 1.38 bits per heavy atom. The van der Waals surface area contributed by atoms with Crippen molar-refractivity contribution in [3.05, 3.63) is 48.6 Å². The number of allylic oxidation sites excluding steroid dienone is 1. The van der Waals surface area contributed by atoms with Gasteiger partial charge in [0, 0.05) is 4.83 Å². The second kappa shape index (κ2) is 5.23. The van der Waals surface area contributed by atoms with Gasteiger partial charge in [-0.1, -0.05) is 59.3 Å². The zero-order chi connectivity index (χ0) is 9.68. The first-order valence-corrected chi connectivity index (χ1v) is 5.52. The minimum atomic E-state index is 0.375. The lowest BCUT2D eigenvalue weighted by molar-refractivity contribution is 0.694. The molecule has 0 saturated heterocycles. The lowest BCUT2D eigenvalue weighted by Gasteiger charge is -2.18. The average Bonchev–Trinajstić information content (AvgIpc) is 2.20. The van der Waals surface area contributed by atoms with Crippen molar-refractivity contribution in [1.82, 2.24) is 0 Å². The van der Waals surface area contributed by atoms with Gasteiger partial charge in [-0.3, -0.25) is 0 Å². The van der Waals surface area contributed by atoms with Gasteiger partial charge in [-0.05, 0) is 17.9 Å². The molecule has 1 aromatic carbocycles. The molecule has 1 rings (SSSR count). The molecule has 0 aliphatic rings. The van der Waals surface area contributed by atoms with Crippen LogP contribution in [0.2, 0.25) is 0 Å². The molecule has 1 heteroatoms. The second-order valence-corrected chi connectivity index (χ2v) is 4.16. The Hall–Kier alpha value is -0.560. The van der Waals surface area contributed by atoms with Crippen LogP contribution in [-0.4, -0.2) is 4.83 Å². The molecule has 2 atom stereocenters. The van der Waals surface area contributed by atoms with E-state index in [-0.39, 0.29) is 0 Å². The molecule has 0 radical (unpaired) electrons.